The Bertz CT molecular complexity index is 485. The lowest BCUT2D eigenvalue weighted by Crippen LogP contribution is -2.01. The zero-order valence-electron chi connectivity index (χ0n) is 7.94. The normalized spacial score (nSPS) is 10.6. The number of allylic oxidation sites excluding steroid dienone is 1. The van der Waals surface area contributed by atoms with E-state index in [0.29, 0.717) is 18.0 Å². The quantitative estimate of drug-likeness (QED) is 0.715. The van der Waals surface area contributed by atoms with Gasteiger partial charge in [0.1, 0.15) is 11.8 Å². The van der Waals surface area contributed by atoms with E-state index in [2.05, 4.69) is 21.5 Å². The Balaban J connectivity index is 2.61. The predicted molar refractivity (Wildman–Crippen MR) is 54.5 cm³/mol. The van der Waals surface area contributed by atoms with E-state index in [4.69, 9.17) is 5.73 Å². The fraction of sp³-hybridized carbons (Fsp3) is 0.222. The van der Waals surface area contributed by atoms with Crippen molar-refractivity contribution in [3.63, 3.8) is 0 Å². The molecule has 0 saturated heterocycles. The molecule has 0 spiro atoms. The van der Waals surface area contributed by atoms with Gasteiger partial charge in [0, 0.05) is 6.54 Å². The lowest BCUT2D eigenvalue weighted by atomic mass is 10.3. The number of fused-ring (bicyclic) bond motifs is 1. The lowest BCUT2D eigenvalue weighted by Gasteiger charge is -2.03. The van der Waals surface area contributed by atoms with E-state index in [0.717, 1.165) is 11.1 Å². The van der Waals surface area contributed by atoms with Crippen LogP contribution in [-0.4, -0.2) is 19.5 Å². The average Bonchev–Trinajstić information content (AvgIpc) is 2.49. The van der Waals surface area contributed by atoms with Crippen LogP contribution in [0, 0.1) is 0 Å². The number of nitrogen functional groups attached to an aromatic ring is 1. The highest BCUT2D eigenvalue weighted by atomic mass is 15.1. The van der Waals surface area contributed by atoms with Gasteiger partial charge in [0.2, 0.25) is 0 Å². The summed E-state index contributed by atoms with van der Waals surface area (Å²) in [6.07, 6.45) is 3.11. The van der Waals surface area contributed by atoms with Gasteiger partial charge in [-0.05, 0) is 6.92 Å². The van der Waals surface area contributed by atoms with Gasteiger partial charge >= 0.3 is 0 Å². The summed E-state index contributed by atoms with van der Waals surface area (Å²) in [6.45, 7) is 6.48. The van der Waals surface area contributed by atoms with E-state index in [-0.39, 0.29) is 0 Å². The average molecular weight is 189 g/mol. The molecule has 0 radical (unpaired) electrons. The van der Waals surface area contributed by atoms with Crippen molar-refractivity contribution in [1.82, 2.24) is 19.5 Å². The summed E-state index contributed by atoms with van der Waals surface area (Å²) in [7, 11) is 0. The number of aromatic nitrogens is 4. The van der Waals surface area contributed by atoms with E-state index in [1.807, 2.05) is 11.5 Å². The summed E-state index contributed by atoms with van der Waals surface area (Å²) < 4.78 is 1.90. The summed E-state index contributed by atoms with van der Waals surface area (Å²) >= 11 is 0. The highest BCUT2D eigenvalue weighted by molar-refractivity contribution is 5.81. The van der Waals surface area contributed by atoms with Crippen molar-refractivity contribution < 1.29 is 0 Å². The third-order valence-electron chi connectivity index (χ3n) is 1.88. The molecule has 0 saturated carbocycles. The molecular formula is C9H11N5. The van der Waals surface area contributed by atoms with Crippen molar-refractivity contribution in [2.24, 2.45) is 0 Å². The predicted octanol–water partition coefficient (Wildman–Crippen LogP) is 0.985. The number of hydrogen-bond acceptors (Lipinski definition) is 4. The minimum Gasteiger partial charge on any atom is -0.382 e. The fourth-order valence-electron chi connectivity index (χ4n) is 1.35. The molecule has 0 amide bonds. The van der Waals surface area contributed by atoms with E-state index >= 15 is 0 Å². The summed E-state index contributed by atoms with van der Waals surface area (Å²) in [4.78, 5) is 12.1. The minimum absolute atomic E-state index is 0.453. The number of anilines is 1. The van der Waals surface area contributed by atoms with Gasteiger partial charge < -0.3 is 10.3 Å². The molecule has 14 heavy (non-hydrogen) atoms. The van der Waals surface area contributed by atoms with Gasteiger partial charge in [-0.1, -0.05) is 12.2 Å². The maximum atomic E-state index is 5.74. The molecule has 0 aromatic carbocycles. The van der Waals surface area contributed by atoms with E-state index in [9.17, 15) is 0 Å². The van der Waals surface area contributed by atoms with Crippen LogP contribution in [0.3, 0.4) is 0 Å². The summed E-state index contributed by atoms with van der Waals surface area (Å²) in [5.74, 6) is 0.453. The Morgan fingerprint density at radius 3 is 3.00 bits per heavy atom. The highest BCUT2D eigenvalue weighted by Gasteiger charge is 2.07. The van der Waals surface area contributed by atoms with E-state index in [1.165, 1.54) is 6.33 Å². The zero-order valence-corrected chi connectivity index (χ0v) is 7.94. The monoisotopic (exact) mass is 189 g/mol. The summed E-state index contributed by atoms with van der Waals surface area (Å²) in [6, 6.07) is 0. The lowest BCUT2D eigenvalue weighted by molar-refractivity contribution is 0.810. The first-order valence-corrected chi connectivity index (χ1v) is 4.24. The number of nitrogens with zero attached hydrogens (tertiary/aromatic N) is 4. The van der Waals surface area contributed by atoms with Crippen LogP contribution in [0.5, 0.6) is 0 Å². The first-order chi connectivity index (χ1) is 6.68. The van der Waals surface area contributed by atoms with Gasteiger partial charge in [0.25, 0.3) is 0 Å². The van der Waals surface area contributed by atoms with Crippen LogP contribution in [-0.2, 0) is 6.54 Å². The van der Waals surface area contributed by atoms with Crippen LogP contribution >= 0.6 is 0 Å². The molecule has 5 heteroatoms. The Kier molecular flexibility index (Phi) is 1.92. The van der Waals surface area contributed by atoms with Crippen molar-refractivity contribution in [2.45, 2.75) is 13.5 Å². The smallest absolute Gasteiger partial charge is 0.182 e. The number of hydrogen-bond donors (Lipinski definition) is 1. The van der Waals surface area contributed by atoms with Crippen molar-refractivity contribution in [2.75, 3.05) is 5.73 Å². The number of nitrogens with two attached hydrogens (primary N) is 1. The molecule has 0 fully saturated rings. The molecule has 2 rings (SSSR count). The van der Waals surface area contributed by atoms with Crippen molar-refractivity contribution in [3.05, 3.63) is 24.8 Å². The van der Waals surface area contributed by atoms with Gasteiger partial charge in [-0.25, -0.2) is 15.0 Å². The topological polar surface area (TPSA) is 69.6 Å². The maximum absolute atomic E-state index is 5.74. The molecule has 0 aliphatic carbocycles. The summed E-state index contributed by atoms with van der Waals surface area (Å²) in [5.41, 5.74) is 8.17. The van der Waals surface area contributed by atoms with Crippen LogP contribution in [0.2, 0.25) is 0 Å². The SMILES string of the molecule is C=C(C)Cn1cnc2ncnc(N)c21. The molecule has 0 aliphatic heterocycles. The number of rotatable bonds is 2. The molecule has 0 atom stereocenters. The maximum Gasteiger partial charge on any atom is 0.182 e. The van der Waals surface area contributed by atoms with Gasteiger partial charge in [0.05, 0.1) is 6.33 Å². The molecule has 2 heterocycles. The fourth-order valence-corrected chi connectivity index (χ4v) is 1.35. The standard InChI is InChI=1S/C9H11N5/c1-6(2)3-14-5-13-9-7(14)8(10)11-4-12-9/h4-5H,1,3H2,2H3,(H2,10,11,12). The molecule has 0 unspecified atom stereocenters. The van der Waals surface area contributed by atoms with Crippen LogP contribution in [0.4, 0.5) is 5.82 Å². The minimum atomic E-state index is 0.453. The van der Waals surface area contributed by atoms with Crippen molar-refractivity contribution in [3.8, 4) is 0 Å². The molecule has 5 nitrogen and oxygen atoms in total. The Labute approximate surface area is 81.3 Å². The zero-order chi connectivity index (χ0) is 10.1. The Morgan fingerprint density at radius 1 is 1.50 bits per heavy atom. The molecule has 72 valence electrons. The third-order valence-corrected chi connectivity index (χ3v) is 1.88. The second kappa shape index (κ2) is 3.10. The first kappa shape index (κ1) is 8.68. The molecule has 2 aromatic rings. The Morgan fingerprint density at radius 2 is 2.29 bits per heavy atom. The van der Waals surface area contributed by atoms with Crippen LogP contribution in [0.25, 0.3) is 11.2 Å². The highest BCUT2D eigenvalue weighted by Crippen LogP contribution is 2.15. The van der Waals surface area contributed by atoms with Gasteiger partial charge in [0.15, 0.2) is 11.5 Å². The second-order valence-electron chi connectivity index (χ2n) is 3.26. The van der Waals surface area contributed by atoms with Crippen molar-refractivity contribution in [1.29, 1.82) is 0 Å². The van der Waals surface area contributed by atoms with Gasteiger partial charge in [-0.3, -0.25) is 0 Å². The summed E-state index contributed by atoms with van der Waals surface area (Å²) in [5, 5.41) is 0. The molecule has 2 aromatic heterocycles. The van der Waals surface area contributed by atoms with E-state index in [1.54, 1.807) is 6.33 Å². The number of imidazole rings is 1. The van der Waals surface area contributed by atoms with Crippen LogP contribution in [0.1, 0.15) is 6.92 Å². The molecular weight excluding hydrogens is 178 g/mol. The van der Waals surface area contributed by atoms with Gasteiger partial charge in [-0.2, -0.15) is 0 Å². The van der Waals surface area contributed by atoms with Crippen molar-refractivity contribution >= 4 is 17.0 Å². The van der Waals surface area contributed by atoms with E-state index < -0.39 is 0 Å². The largest absolute Gasteiger partial charge is 0.382 e. The molecule has 2 N–H and O–H groups in total. The second-order valence-corrected chi connectivity index (χ2v) is 3.26. The molecule has 0 aliphatic rings. The molecule has 0 bridgehead atoms. The van der Waals surface area contributed by atoms with Crippen LogP contribution < -0.4 is 5.73 Å². The van der Waals surface area contributed by atoms with Gasteiger partial charge in [-0.15, -0.1) is 0 Å². The Hall–Kier alpha value is -1.91. The first-order valence-electron chi connectivity index (χ1n) is 4.24. The third kappa shape index (κ3) is 1.32. The van der Waals surface area contributed by atoms with Crippen LogP contribution in [0.15, 0.2) is 24.8 Å².